The molecule has 0 amide bonds. The van der Waals surface area contributed by atoms with E-state index in [2.05, 4.69) is 36.1 Å². The van der Waals surface area contributed by atoms with E-state index in [0.29, 0.717) is 0 Å². The van der Waals surface area contributed by atoms with E-state index < -0.39 is 0 Å². The van der Waals surface area contributed by atoms with Crippen LogP contribution in [0.3, 0.4) is 0 Å². The molecule has 0 aromatic heterocycles. The summed E-state index contributed by atoms with van der Waals surface area (Å²) in [5, 5.41) is 0. The quantitative estimate of drug-likeness (QED) is 0.650. The fraction of sp³-hybridized carbons (Fsp3) is 0.400. The van der Waals surface area contributed by atoms with Gasteiger partial charge in [-0.05, 0) is 31.4 Å². The van der Waals surface area contributed by atoms with Crippen LogP contribution in [0, 0.1) is 0 Å². The molecule has 0 heterocycles. The molecule has 11 heavy (non-hydrogen) atoms. The zero-order valence-corrected chi connectivity index (χ0v) is 6.96. The van der Waals surface area contributed by atoms with E-state index in [1.165, 1.54) is 25.5 Å². The SMILES string of the molecule is CN.c1ccc(C2CC2)cc1. The van der Waals surface area contributed by atoms with Crippen molar-refractivity contribution in [2.45, 2.75) is 18.8 Å². The summed E-state index contributed by atoms with van der Waals surface area (Å²) in [5.41, 5.74) is 6.03. The third-order valence-corrected chi connectivity index (χ3v) is 1.85. The molecule has 0 radical (unpaired) electrons. The van der Waals surface area contributed by atoms with Crippen LogP contribution in [0.15, 0.2) is 30.3 Å². The van der Waals surface area contributed by atoms with Crippen molar-refractivity contribution in [3.8, 4) is 0 Å². The highest BCUT2D eigenvalue weighted by Crippen LogP contribution is 2.39. The number of nitrogens with two attached hydrogens (primary N) is 1. The summed E-state index contributed by atoms with van der Waals surface area (Å²) in [6, 6.07) is 10.8. The highest BCUT2D eigenvalue weighted by molar-refractivity contribution is 5.22. The van der Waals surface area contributed by atoms with Gasteiger partial charge in [-0.25, -0.2) is 0 Å². The van der Waals surface area contributed by atoms with Crippen LogP contribution in [0.2, 0.25) is 0 Å². The second kappa shape index (κ2) is 4.14. The molecular formula is C10H15N. The Morgan fingerprint density at radius 2 is 1.64 bits per heavy atom. The van der Waals surface area contributed by atoms with Gasteiger partial charge in [0.15, 0.2) is 0 Å². The third kappa shape index (κ3) is 2.35. The van der Waals surface area contributed by atoms with Crippen molar-refractivity contribution < 1.29 is 0 Å². The van der Waals surface area contributed by atoms with Crippen molar-refractivity contribution in [1.82, 2.24) is 0 Å². The minimum Gasteiger partial charge on any atom is -0.333 e. The van der Waals surface area contributed by atoms with Gasteiger partial charge in [0, 0.05) is 0 Å². The summed E-state index contributed by atoms with van der Waals surface area (Å²) in [5.74, 6) is 0.909. The molecule has 0 bridgehead atoms. The molecule has 1 aliphatic carbocycles. The summed E-state index contributed by atoms with van der Waals surface area (Å²) in [6.45, 7) is 0. The Bertz CT molecular complexity index is 189. The van der Waals surface area contributed by atoms with Crippen LogP contribution in [0.1, 0.15) is 24.3 Å². The fourth-order valence-electron chi connectivity index (χ4n) is 1.14. The highest BCUT2D eigenvalue weighted by Gasteiger charge is 2.22. The molecular weight excluding hydrogens is 134 g/mol. The lowest BCUT2D eigenvalue weighted by molar-refractivity contribution is 1.13. The van der Waals surface area contributed by atoms with Crippen LogP contribution in [-0.2, 0) is 0 Å². The Balaban J connectivity index is 0.000000281. The molecule has 2 N–H and O–H groups in total. The summed E-state index contributed by atoms with van der Waals surface area (Å²) in [6.07, 6.45) is 2.81. The van der Waals surface area contributed by atoms with E-state index in [9.17, 15) is 0 Å². The predicted octanol–water partition coefficient (Wildman–Crippen LogP) is 2.14. The monoisotopic (exact) mass is 149 g/mol. The summed E-state index contributed by atoms with van der Waals surface area (Å²) < 4.78 is 0. The van der Waals surface area contributed by atoms with Crippen LogP contribution in [0.25, 0.3) is 0 Å². The van der Waals surface area contributed by atoms with Gasteiger partial charge in [-0.15, -0.1) is 0 Å². The number of hydrogen-bond acceptors (Lipinski definition) is 1. The van der Waals surface area contributed by atoms with E-state index in [0.717, 1.165) is 5.92 Å². The minimum atomic E-state index is 0.909. The lowest BCUT2D eigenvalue weighted by Crippen LogP contribution is -1.73. The van der Waals surface area contributed by atoms with Gasteiger partial charge in [0.05, 0.1) is 0 Å². The van der Waals surface area contributed by atoms with E-state index in [1.54, 1.807) is 0 Å². The zero-order valence-electron chi connectivity index (χ0n) is 6.96. The second-order valence-corrected chi connectivity index (χ2v) is 2.68. The van der Waals surface area contributed by atoms with Gasteiger partial charge in [-0.3, -0.25) is 0 Å². The topological polar surface area (TPSA) is 26.0 Å². The number of rotatable bonds is 1. The average molecular weight is 149 g/mol. The van der Waals surface area contributed by atoms with E-state index >= 15 is 0 Å². The maximum atomic E-state index is 4.50. The van der Waals surface area contributed by atoms with Gasteiger partial charge in [-0.2, -0.15) is 0 Å². The van der Waals surface area contributed by atoms with Gasteiger partial charge in [0.2, 0.25) is 0 Å². The van der Waals surface area contributed by atoms with Crippen LogP contribution >= 0.6 is 0 Å². The standard InChI is InChI=1S/C9H10.CH5N/c1-2-4-8(5-3-1)9-6-7-9;1-2/h1-5,9H,6-7H2;2H2,1H3. The molecule has 0 aliphatic heterocycles. The van der Waals surface area contributed by atoms with Crippen LogP contribution < -0.4 is 5.73 Å². The second-order valence-electron chi connectivity index (χ2n) is 2.68. The third-order valence-electron chi connectivity index (χ3n) is 1.85. The maximum absolute atomic E-state index is 4.50. The van der Waals surface area contributed by atoms with Gasteiger partial charge in [0.25, 0.3) is 0 Å². The molecule has 0 unspecified atom stereocenters. The van der Waals surface area contributed by atoms with Crippen molar-refractivity contribution in [3.05, 3.63) is 35.9 Å². The molecule has 2 rings (SSSR count). The first-order valence-corrected chi connectivity index (χ1v) is 4.09. The van der Waals surface area contributed by atoms with Gasteiger partial charge < -0.3 is 5.73 Å². The minimum absolute atomic E-state index is 0.909. The lowest BCUT2D eigenvalue weighted by atomic mass is 10.1. The Kier molecular flexibility index (Phi) is 3.12. The molecule has 1 nitrogen and oxygen atoms in total. The van der Waals surface area contributed by atoms with Gasteiger partial charge in [0.1, 0.15) is 0 Å². The van der Waals surface area contributed by atoms with Crippen LogP contribution in [0.5, 0.6) is 0 Å². The first-order valence-electron chi connectivity index (χ1n) is 4.09. The van der Waals surface area contributed by atoms with Crippen molar-refractivity contribution in [1.29, 1.82) is 0 Å². The van der Waals surface area contributed by atoms with E-state index in [4.69, 9.17) is 0 Å². The average Bonchev–Trinajstić information content (AvgIpc) is 2.92. The molecule has 1 fully saturated rings. The summed E-state index contributed by atoms with van der Waals surface area (Å²) >= 11 is 0. The fourth-order valence-corrected chi connectivity index (χ4v) is 1.14. The molecule has 1 aliphatic rings. The first-order chi connectivity index (χ1) is 5.47. The largest absolute Gasteiger partial charge is 0.333 e. The number of hydrogen-bond donors (Lipinski definition) is 1. The lowest BCUT2D eigenvalue weighted by Gasteiger charge is -1.92. The molecule has 1 aromatic rings. The number of benzene rings is 1. The van der Waals surface area contributed by atoms with E-state index in [-0.39, 0.29) is 0 Å². The highest BCUT2D eigenvalue weighted by atomic mass is 14.4. The summed E-state index contributed by atoms with van der Waals surface area (Å²) in [4.78, 5) is 0. The Labute approximate surface area is 68.2 Å². The zero-order chi connectivity index (χ0) is 8.10. The normalized spacial score (nSPS) is 15.1. The van der Waals surface area contributed by atoms with Crippen molar-refractivity contribution in [2.75, 3.05) is 7.05 Å². The van der Waals surface area contributed by atoms with Crippen LogP contribution in [-0.4, -0.2) is 7.05 Å². The smallest absolute Gasteiger partial charge is 0.0162 e. The molecule has 1 aromatic carbocycles. The van der Waals surface area contributed by atoms with Gasteiger partial charge >= 0.3 is 0 Å². The molecule has 1 saturated carbocycles. The Hall–Kier alpha value is -0.820. The molecule has 0 spiro atoms. The van der Waals surface area contributed by atoms with Gasteiger partial charge in [-0.1, -0.05) is 30.3 Å². The maximum Gasteiger partial charge on any atom is -0.0162 e. The van der Waals surface area contributed by atoms with Crippen LogP contribution in [0.4, 0.5) is 0 Å². The molecule has 60 valence electrons. The first kappa shape index (κ1) is 8.28. The Morgan fingerprint density at radius 1 is 1.09 bits per heavy atom. The Morgan fingerprint density at radius 3 is 2.09 bits per heavy atom. The molecule has 1 heteroatoms. The van der Waals surface area contributed by atoms with E-state index in [1.807, 2.05) is 0 Å². The molecule has 0 saturated heterocycles. The summed E-state index contributed by atoms with van der Waals surface area (Å²) in [7, 11) is 1.50. The van der Waals surface area contributed by atoms with Crippen molar-refractivity contribution in [3.63, 3.8) is 0 Å². The van der Waals surface area contributed by atoms with Crippen molar-refractivity contribution in [2.24, 2.45) is 5.73 Å². The predicted molar refractivity (Wildman–Crippen MR) is 48.5 cm³/mol. The molecule has 0 atom stereocenters. The van der Waals surface area contributed by atoms with Crippen molar-refractivity contribution >= 4 is 0 Å².